The molecule has 0 saturated carbocycles. The largest absolute Gasteiger partial charge is 0.507 e. The maximum absolute atomic E-state index is 13.2. The molecule has 0 radical (unpaired) electrons. The van der Waals surface area contributed by atoms with Crippen molar-refractivity contribution in [1.29, 1.82) is 0 Å². The average Bonchev–Trinajstić information content (AvgIpc) is 3.11. The lowest BCUT2D eigenvalue weighted by atomic mass is 9.88. The zero-order valence-electron chi connectivity index (χ0n) is 17.5. The van der Waals surface area contributed by atoms with E-state index in [-0.39, 0.29) is 29.4 Å². The summed E-state index contributed by atoms with van der Waals surface area (Å²) >= 11 is 0. The van der Waals surface area contributed by atoms with E-state index in [1.165, 1.54) is 12.1 Å². The number of hydrogen-bond donors (Lipinski definition) is 1. The Bertz CT molecular complexity index is 1040. The molecule has 1 amide bonds. The number of aromatic hydroxyl groups is 1. The zero-order chi connectivity index (χ0) is 21.8. The number of benzene rings is 3. The summed E-state index contributed by atoms with van der Waals surface area (Å²) in [5, 5.41) is 10.7. The molecule has 31 heavy (non-hydrogen) atoms. The van der Waals surface area contributed by atoms with Gasteiger partial charge in [0, 0.05) is 23.7 Å². The summed E-state index contributed by atoms with van der Waals surface area (Å²) in [6, 6.07) is 21.2. The van der Waals surface area contributed by atoms with Gasteiger partial charge in [-0.25, -0.2) is 4.39 Å². The summed E-state index contributed by atoms with van der Waals surface area (Å²) in [7, 11) is 1.56. The molecule has 1 fully saturated rings. The molecule has 2 atom stereocenters. The van der Waals surface area contributed by atoms with E-state index in [1.54, 1.807) is 25.3 Å². The molecule has 1 aliphatic heterocycles. The van der Waals surface area contributed by atoms with Crippen molar-refractivity contribution in [2.45, 2.75) is 31.7 Å². The highest BCUT2D eigenvalue weighted by atomic mass is 19.1. The second kappa shape index (κ2) is 9.21. The standard InChI is InChI=1S/C26H26FNO3/c1-31-22-14-15-23(24(29)17-22)26-19(7-5-6-18-10-12-20(27)13-11-18)16-25(30)28(26)21-8-3-2-4-9-21/h2-4,8-15,17,19,26,29H,5-7,16H2,1H3/t19-,26+/m1/s1. The van der Waals surface area contributed by atoms with Gasteiger partial charge >= 0.3 is 0 Å². The summed E-state index contributed by atoms with van der Waals surface area (Å²) in [4.78, 5) is 14.9. The molecule has 1 aliphatic rings. The molecule has 160 valence electrons. The first-order chi connectivity index (χ1) is 15.1. The Labute approximate surface area is 181 Å². The van der Waals surface area contributed by atoms with E-state index in [0.717, 1.165) is 36.1 Å². The highest BCUT2D eigenvalue weighted by molar-refractivity contribution is 5.97. The van der Waals surface area contributed by atoms with Crippen LogP contribution in [0.2, 0.25) is 0 Å². The fourth-order valence-corrected chi connectivity index (χ4v) is 4.47. The number of phenols is 1. The highest BCUT2D eigenvalue weighted by Gasteiger charge is 2.42. The minimum atomic E-state index is -0.256. The minimum Gasteiger partial charge on any atom is -0.507 e. The summed E-state index contributed by atoms with van der Waals surface area (Å²) in [6.07, 6.45) is 2.94. The Morgan fingerprint density at radius 1 is 1.06 bits per heavy atom. The average molecular weight is 419 g/mol. The van der Waals surface area contributed by atoms with Gasteiger partial charge < -0.3 is 14.7 Å². The van der Waals surface area contributed by atoms with Gasteiger partial charge in [0.15, 0.2) is 0 Å². The van der Waals surface area contributed by atoms with E-state index in [0.29, 0.717) is 12.2 Å². The molecule has 0 aromatic heterocycles. The number of ether oxygens (including phenoxy) is 1. The first-order valence-corrected chi connectivity index (χ1v) is 10.6. The number of nitrogens with zero attached hydrogens (tertiary/aromatic N) is 1. The second-order valence-electron chi connectivity index (χ2n) is 7.95. The van der Waals surface area contributed by atoms with E-state index in [2.05, 4.69) is 0 Å². The molecular weight excluding hydrogens is 393 g/mol. The number of hydrogen-bond acceptors (Lipinski definition) is 3. The van der Waals surface area contributed by atoms with Crippen molar-refractivity contribution >= 4 is 11.6 Å². The van der Waals surface area contributed by atoms with Gasteiger partial charge in [0.25, 0.3) is 0 Å². The number of carbonyl (C=O) groups is 1. The Balaban J connectivity index is 1.60. The zero-order valence-corrected chi connectivity index (χ0v) is 17.5. The third kappa shape index (κ3) is 4.55. The molecule has 1 saturated heterocycles. The number of aryl methyl sites for hydroxylation is 1. The van der Waals surface area contributed by atoms with Crippen LogP contribution in [0.4, 0.5) is 10.1 Å². The first-order valence-electron chi connectivity index (χ1n) is 10.6. The van der Waals surface area contributed by atoms with Gasteiger partial charge in [0.2, 0.25) is 5.91 Å². The van der Waals surface area contributed by atoms with Crippen LogP contribution in [-0.2, 0) is 11.2 Å². The smallest absolute Gasteiger partial charge is 0.227 e. The summed E-state index contributed by atoms with van der Waals surface area (Å²) in [6.45, 7) is 0. The Morgan fingerprint density at radius 2 is 1.81 bits per heavy atom. The third-order valence-corrected chi connectivity index (χ3v) is 5.97. The normalized spacial score (nSPS) is 18.4. The van der Waals surface area contributed by atoms with E-state index >= 15 is 0 Å². The van der Waals surface area contributed by atoms with Crippen LogP contribution >= 0.6 is 0 Å². The lowest BCUT2D eigenvalue weighted by molar-refractivity contribution is -0.117. The molecular formula is C26H26FNO3. The predicted octanol–water partition coefficient (Wildman–Crippen LogP) is 5.66. The van der Waals surface area contributed by atoms with Crippen LogP contribution in [0.1, 0.15) is 36.4 Å². The molecule has 4 rings (SSSR count). The molecule has 1 heterocycles. The highest BCUT2D eigenvalue weighted by Crippen LogP contribution is 2.46. The van der Waals surface area contributed by atoms with Gasteiger partial charge in [-0.1, -0.05) is 30.3 Å². The van der Waals surface area contributed by atoms with Crippen LogP contribution in [0.15, 0.2) is 72.8 Å². The minimum absolute atomic E-state index is 0.0539. The van der Waals surface area contributed by atoms with E-state index < -0.39 is 0 Å². The Hall–Kier alpha value is -3.34. The van der Waals surface area contributed by atoms with Crippen molar-refractivity contribution in [3.8, 4) is 11.5 Å². The Morgan fingerprint density at radius 3 is 2.48 bits per heavy atom. The van der Waals surface area contributed by atoms with Crippen LogP contribution in [0, 0.1) is 11.7 Å². The van der Waals surface area contributed by atoms with Crippen LogP contribution in [-0.4, -0.2) is 18.1 Å². The maximum Gasteiger partial charge on any atom is 0.227 e. The van der Waals surface area contributed by atoms with E-state index in [4.69, 9.17) is 4.74 Å². The van der Waals surface area contributed by atoms with Gasteiger partial charge in [-0.3, -0.25) is 4.79 Å². The predicted molar refractivity (Wildman–Crippen MR) is 119 cm³/mol. The SMILES string of the molecule is COc1ccc([C@@H]2[C@H](CCCc3ccc(F)cc3)CC(=O)N2c2ccccc2)c(O)c1. The maximum atomic E-state index is 13.2. The fraction of sp³-hybridized carbons (Fsp3) is 0.269. The molecule has 0 unspecified atom stereocenters. The molecule has 0 spiro atoms. The second-order valence-corrected chi connectivity index (χ2v) is 7.95. The summed E-state index contributed by atoms with van der Waals surface area (Å²) in [5.74, 6) is 0.581. The monoisotopic (exact) mass is 419 g/mol. The molecule has 3 aromatic carbocycles. The van der Waals surface area contributed by atoms with Gasteiger partial charge in [0.1, 0.15) is 17.3 Å². The number of halogens is 1. The number of anilines is 1. The number of para-hydroxylation sites is 1. The third-order valence-electron chi connectivity index (χ3n) is 5.97. The van der Waals surface area contributed by atoms with Gasteiger partial charge in [-0.2, -0.15) is 0 Å². The van der Waals surface area contributed by atoms with Gasteiger partial charge in [-0.15, -0.1) is 0 Å². The number of amides is 1. The quantitative estimate of drug-likeness (QED) is 0.538. The van der Waals surface area contributed by atoms with Gasteiger partial charge in [0.05, 0.1) is 13.2 Å². The van der Waals surface area contributed by atoms with E-state index in [9.17, 15) is 14.3 Å². The van der Waals surface area contributed by atoms with E-state index in [1.807, 2.05) is 47.4 Å². The summed E-state index contributed by atoms with van der Waals surface area (Å²) < 4.78 is 18.4. The fourth-order valence-electron chi connectivity index (χ4n) is 4.47. The molecule has 3 aromatic rings. The van der Waals surface area contributed by atoms with Crippen molar-refractivity contribution in [2.24, 2.45) is 5.92 Å². The van der Waals surface area contributed by atoms with Gasteiger partial charge in [-0.05, 0) is 67.1 Å². The topological polar surface area (TPSA) is 49.8 Å². The molecule has 5 heteroatoms. The first kappa shape index (κ1) is 20.9. The number of methoxy groups -OCH3 is 1. The van der Waals surface area contributed by atoms with Crippen LogP contribution in [0.3, 0.4) is 0 Å². The van der Waals surface area contributed by atoms with Crippen molar-refractivity contribution in [3.05, 3.63) is 89.7 Å². The van der Waals surface area contributed by atoms with Crippen molar-refractivity contribution < 1.29 is 19.0 Å². The van der Waals surface area contributed by atoms with Crippen LogP contribution in [0.25, 0.3) is 0 Å². The molecule has 0 aliphatic carbocycles. The summed E-state index contributed by atoms with van der Waals surface area (Å²) in [5.41, 5.74) is 2.63. The van der Waals surface area contributed by atoms with Crippen molar-refractivity contribution in [2.75, 3.05) is 12.0 Å². The Kier molecular flexibility index (Phi) is 6.21. The number of phenolic OH excluding ortho intramolecular Hbond substituents is 1. The van der Waals surface area contributed by atoms with Crippen LogP contribution < -0.4 is 9.64 Å². The van der Waals surface area contributed by atoms with Crippen LogP contribution in [0.5, 0.6) is 11.5 Å². The molecule has 0 bridgehead atoms. The lowest BCUT2D eigenvalue weighted by Crippen LogP contribution is -2.28. The lowest BCUT2D eigenvalue weighted by Gasteiger charge is -2.29. The van der Waals surface area contributed by atoms with Crippen molar-refractivity contribution in [3.63, 3.8) is 0 Å². The molecule has 1 N–H and O–H groups in total. The van der Waals surface area contributed by atoms with Crippen molar-refractivity contribution in [1.82, 2.24) is 0 Å². The number of rotatable bonds is 7. The number of carbonyl (C=O) groups excluding carboxylic acids is 1. The molecule has 4 nitrogen and oxygen atoms in total.